The first-order valence-corrected chi connectivity index (χ1v) is 12.6. The Morgan fingerprint density at radius 3 is 2.67 bits per heavy atom. The van der Waals surface area contributed by atoms with Gasteiger partial charge in [0.05, 0.1) is 37.6 Å². The minimum absolute atomic E-state index is 0.109. The predicted molar refractivity (Wildman–Crippen MR) is 140 cm³/mol. The van der Waals surface area contributed by atoms with Crippen molar-refractivity contribution in [1.29, 1.82) is 0 Å². The Kier molecular flexibility index (Phi) is 8.63. The number of nitrogens with one attached hydrogen (secondary N) is 2. The average Bonchev–Trinajstić information content (AvgIpc) is 3.37. The molecule has 2 amide bonds. The SMILES string of the molecule is COc1cc(F)cc([C@@H](CO)NC(=O)[C@H](C)N2CCn3cc(-c4nc(N[C@@H](C)CO)ncc4Cl)nc3C2=O)c1. The van der Waals surface area contributed by atoms with E-state index in [2.05, 4.69) is 25.6 Å². The fraction of sp³-hybridized carbons (Fsp3) is 0.400. The molecule has 3 heterocycles. The van der Waals surface area contributed by atoms with Crippen LogP contribution in [-0.2, 0) is 11.3 Å². The number of aliphatic hydroxyl groups is 2. The molecule has 0 aliphatic carbocycles. The van der Waals surface area contributed by atoms with Crippen LogP contribution in [0.15, 0.2) is 30.6 Å². The lowest BCUT2D eigenvalue weighted by Gasteiger charge is -2.32. The highest BCUT2D eigenvalue weighted by Gasteiger charge is 2.34. The minimum atomic E-state index is -0.908. The zero-order valence-electron chi connectivity index (χ0n) is 21.6. The summed E-state index contributed by atoms with van der Waals surface area (Å²) in [7, 11) is 1.39. The first-order valence-electron chi connectivity index (χ1n) is 12.2. The quantitative estimate of drug-likeness (QED) is 0.289. The smallest absolute Gasteiger partial charge is 0.290 e. The molecule has 0 saturated heterocycles. The number of aliphatic hydroxyl groups excluding tert-OH is 2. The van der Waals surface area contributed by atoms with E-state index in [1.807, 2.05) is 0 Å². The van der Waals surface area contributed by atoms with E-state index in [1.54, 1.807) is 24.6 Å². The fourth-order valence-corrected chi connectivity index (χ4v) is 4.33. The van der Waals surface area contributed by atoms with Crippen molar-refractivity contribution in [3.8, 4) is 17.1 Å². The Balaban J connectivity index is 1.51. The summed E-state index contributed by atoms with van der Waals surface area (Å²) in [5, 5.41) is 25.0. The van der Waals surface area contributed by atoms with E-state index < -0.39 is 36.3 Å². The number of benzene rings is 1. The van der Waals surface area contributed by atoms with Gasteiger partial charge in [-0.25, -0.2) is 19.3 Å². The molecule has 1 aliphatic heterocycles. The van der Waals surface area contributed by atoms with Gasteiger partial charge in [-0.1, -0.05) is 11.6 Å². The standard InChI is InChI=1S/C25H29ClFN7O5/c1-13(11-35)29-25-28-9-18(26)21(32-25)19-10-33-4-5-34(24(38)22(33)30-19)14(2)23(37)31-20(12-36)15-6-16(27)8-17(7-15)39-3/h6-10,13-14,20,35-36H,4-5,11-12H2,1-3H3,(H,31,37)(H,28,29,32)/t13-,14-,20+/m0/s1. The number of imidazole rings is 1. The van der Waals surface area contributed by atoms with E-state index in [0.29, 0.717) is 23.5 Å². The van der Waals surface area contributed by atoms with Crippen molar-refractivity contribution in [2.75, 3.05) is 32.2 Å². The van der Waals surface area contributed by atoms with Gasteiger partial charge in [-0.05, 0) is 31.5 Å². The number of ether oxygens (including phenoxy) is 1. The first kappa shape index (κ1) is 28.2. The third-order valence-corrected chi connectivity index (χ3v) is 6.60. The minimum Gasteiger partial charge on any atom is -0.497 e. The maximum Gasteiger partial charge on any atom is 0.290 e. The average molecular weight is 562 g/mol. The van der Waals surface area contributed by atoms with Crippen LogP contribution in [0.25, 0.3) is 11.4 Å². The van der Waals surface area contributed by atoms with Crippen LogP contribution in [-0.4, -0.2) is 85.4 Å². The van der Waals surface area contributed by atoms with E-state index in [4.69, 9.17) is 16.3 Å². The number of fused-ring (bicyclic) bond motifs is 1. The Morgan fingerprint density at radius 2 is 1.97 bits per heavy atom. The molecule has 0 fully saturated rings. The Labute approximate surface area is 228 Å². The number of hydrogen-bond donors (Lipinski definition) is 4. The van der Waals surface area contributed by atoms with Gasteiger partial charge >= 0.3 is 0 Å². The molecule has 3 aromatic rings. The zero-order chi connectivity index (χ0) is 28.3. The lowest BCUT2D eigenvalue weighted by Crippen LogP contribution is -2.52. The van der Waals surface area contributed by atoms with E-state index in [9.17, 15) is 24.2 Å². The molecular weight excluding hydrogens is 533 g/mol. The summed E-state index contributed by atoms with van der Waals surface area (Å²) in [6.07, 6.45) is 3.06. The van der Waals surface area contributed by atoms with Gasteiger partial charge in [0.15, 0.2) is 5.82 Å². The number of carbonyl (C=O) groups excluding carboxylic acids is 2. The van der Waals surface area contributed by atoms with Crippen LogP contribution in [0, 0.1) is 5.82 Å². The lowest BCUT2D eigenvalue weighted by atomic mass is 10.1. The molecule has 1 aromatic carbocycles. The normalized spacial score (nSPS) is 15.4. The summed E-state index contributed by atoms with van der Waals surface area (Å²) in [6.45, 7) is 3.31. The van der Waals surface area contributed by atoms with Gasteiger partial charge in [-0.2, -0.15) is 0 Å². The summed E-state index contributed by atoms with van der Waals surface area (Å²) >= 11 is 6.31. The summed E-state index contributed by atoms with van der Waals surface area (Å²) in [4.78, 5) is 40.7. The molecule has 208 valence electrons. The third kappa shape index (κ3) is 6.10. The maximum atomic E-state index is 14.0. The largest absolute Gasteiger partial charge is 0.497 e. The lowest BCUT2D eigenvalue weighted by molar-refractivity contribution is -0.126. The highest BCUT2D eigenvalue weighted by atomic mass is 35.5. The van der Waals surface area contributed by atoms with Crippen LogP contribution in [0.4, 0.5) is 10.3 Å². The molecule has 3 atom stereocenters. The molecule has 39 heavy (non-hydrogen) atoms. The van der Waals surface area contributed by atoms with Crippen LogP contribution in [0.1, 0.15) is 36.1 Å². The summed E-state index contributed by atoms with van der Waals surface area (Å²) in [6, 6.07) is 1.80. The first-order chi connectivity index (χ1) is 18.6. The second kappa shape index (κ2) is 11.9. The molecule has 2 aromatic heterocycles. The van der Waals surface area contributed by atoms with Crippen molar-refractivity contribution < 1.29 is 28.9 Å². The van der Waals surface area contributed by atoms with Gasteiger partial charge in [0.2, 0.25) is 11.9 Å². The van der Waals surface area contributed by atoms with Crippen molar-refractivity contribution in [2.24, 2.45) is 0 Å². The summed E-state index contributed by atoms with van der Waals surface area (Å²) < 4.78 is 20.7. The molecular formula is C25H29ClFN7O5. The Hall–Kier alpha value is -3.81. The number of rotatable bonds is 10. The second-order valence-electron chi connectivity index (χ2n) is 9.10. The van der Waals surface area contributed by atoms with E-state index in [1.165, 1.54) is 36.4 Å². The molecule has 0 radical (unpaired) electrons. The van der Waals surface area contributed by atoms with Crippen molar-refractivity contribution >= 4 is 29.4 Å². The van der Waals surface area contributed by atoms with Gasteiger partial charge < -0.3 is 35.1 Å². The van der Waals surface area contributed by atoms with Crippen LogP contribution in [0.2, 0.25) is 5.02 Å². The van der Waals surface area contributed by atoms with E-state index >= 15 is 0 Å². The number of aromatic nitrogens is 4. The number of halogens is 2. The van der Waals surface area contributed by atoms with Gasteiger partial charge in [0.1, 0.15) is 29.0 Å². The van der Waals surface area contributed by atoms with Crippen LogP contribution < -0.4 is 15.4 Å². The Morgan fingerprint density at radius 1 is 1.21 bits per heavy atom. The highest BCUT2D eigenvalue weighted by molar-refractivity contribution is 6.32. The van der Waals surface area contributed by atoms with Crippen LogP contribution in [0.5, 0.6) is 5.75 Å². The molecule has 4 N–H and O–H groups in total. The van der Waals surface area contributed by atoms with Crippen molar-refractivity contribution in [3.05, 3.63) is 52.8 Å². The van der Waals surface area contributed by atoms with Crippen LogP contribution >= 0.6 is 11.6 Å². The predicted octanol–water partition coefficient (Wildman–Crippen LogP) is 1.63. The van der Waals surface area contributed by atoms with Gasteiger partial charge in [0.25, 0.3) is 5.91 Å². The third-order valence-electron chi connectivity index (χ3n) is 6.32. The number of carbonyl (C=O) groups is 2. The fourth-order valence-electron chi connectivity index (χ4n) is 4.14. The summed E-state index contributed by atoms with van der Waals surface area (Å²) in [5.41, 5.74) is 0.983. The molecule has 4 rings (SSSR count). The highest BCUT2D eigenvalue weighted by Crippen LogP contribution is 2.28. The molecule has 0 saturated carbocycles. The van der Waals surface area contributed by atoms with E-state index in [0.717, 1.165) is 0 Å². The number of anilines is 1. The second-order valence-corrected chi connectivity index (χ2v) is 9.51. The molecule has 14 heteroatoms. The number of amides is 2. The molecule has 0 spiro atoms. The number of nitrogens with zero attached hydrogens (tertiary/aromatic N) is 5. The van der Waals surface area contributed by atoms with Gasteiger partial charge in [0, 0.05) is 31.4 Å². The van der Waals surface area contributed by atoms with Crippen molar-refractivity contribution in [1.82, 2.24) is 29.7 Å². The van der Waals surface area contributed by atoms with Gasteiger partial charge in [-0.15, -0.1) is 0 Å². The molecule has 0 unspecified atom stereocenters. The Bertz CT molecular complexity index is 1370. The summed E-state index contributed by atoms with van der Waals surface area (Å²) in [5.74, 6) is -0.978. The maximum absolute atomic E-state index is 14.0. The number of methoxy groups -OCH3 is 1. The molecule has 0 bridgehead atoms. The zero-order valence-corrected chi connectivity index (χ0v) is 22.3. The van der Waals surface area contributed by atoms with Crippen molar-refractivity contribution in [2.45, 2.75) is 38.5 Å². The van der Waals surface area contributed by atoms with Crippen molar-refractivity contribution in [3.63, 3.8) is 0 Å². The van der Waals surface area contributed by atoms with Crippen LogP contribution in [0.3, 0.4) is 0 Å². The topological polar surface area (TPSA) is 155 Å². The molecule has 12 nitrogen and oxygen atoms in total. The monoisotopic (exact) mass is 561 g/mol. The number of hydrogen-bond acceptors (Lipinski definition) is 9. The van der Waals surface area contributed by atoms with E-state index in [-0.39, 0.29) is 41.7 Å². The van der Waals surface area contributed by atoms with Gasteiger partial charge in [-0.3, -0.25) is 9.59 Å². The molecule has 1 aliphatic rings.